The van der Waals surface area contributed by atoms with E-state index in [2.05, 4.69) is 5.32 Å². The highest BCUT2D eigenvalue weighted by Crippen LogP contribution is 2.22. The van der Waals surface area contributed by atoms with Crippen LogP contribution in [-0.4, -0.2) is 48.9 Å². The van der Waals surface area contributed by atoms with Gasteiger partial charge in [0.2, 0.25) is 5.91 Å². The van der Waals surface area contributed by atoms with Crippen molar-refractivity contribution in [2.75, 3.05) is 27.2 Å². The second-order valence-corrected chi connectivity index (χ2v) is 7.22. The highest BCUT2D eigenvalue weighted by molar-refractivity contribution is 5.79. The monoisotopic (exact) mass is 381 g/mol. The Balaban J connectivity index is 1.49. The molecule has 1 N–H and O–H groups in total. The number of ether oxygens (including phenoxy) is 1. The average molecular weight is 381 g/mol. The van der Waals surface area contributed by atoms with Crippen LogP contribution in [0.1, 0.15) is 18.4 Å². The van der Waals surface area contributed by atoms with E-state index in [-0.39, 0.29) is 17.9 Å². The molecule has 2 aromatic carbocycles. The summed E-state index contributed by atoms with van der Waals surface area (Å²) in [6, 6.07) is 17.2. The van der Waals surface area contributed by atoms with Crippen molar-refractivity contribution in [1.82, 2.24) is 15.1 Å². The molecule has 3 amide bonds. The lowest BCUT2D eigenvalue weighted by Crippen LogP contribution is -2.46. The van der Waals surface area contributed by atoms with Gasteiger partial charge in [-0.3, -0.25) is 4.79 Å². The zero-order valence-electron chi connectivity index (χ0n) is 16.4. The molecule has 2 aromatic rings. The van der Waals surface area contributed by atoms with Crippen LogP contribution in [0.5, 0.6) is 11.5 Å². The summed E-state index contributed by atoms with van der Waals surface area (Å²) in [5.41, 5.74) is 0.972. The Labute approximate surface area is 166 Å². The van der Waals surface area contributed by atoms with Gasteiger partial charge < -0.3 is 19.9 Å². The maximum Gasteiger partial charge on any atom is 0.317 e. The van der Waals surface area contributed by atoms with Gasteiger partial charge in [-0.1, -0.05) is 30.3 Å². The van der Waals surface area contributed by atoms with Crippen molar-refractivity contribution in [1.29, 1.82) is 0 Å². The summed E-state index contributed by atoms with van der Waals surface area (Å²) in [5.74, 6) is 1.68. The molecule has 6 heteroatoms. The smallest absolute Gasteiger partial charge is 0.317 e. The molecule has 1 aliphatic heterocycles. The van der Waals surface area contributed by atoms with Gasteiger partial charge in [-0.05, 0) is 42.7 Å². The van der Waals surface area contributed by atoms with Crippen molar-refractivity contribution in [2.45, 2.75) is 19.4 Å². The van der Waals surface area contributed by atoms with Crippen LogP contribution in [0, 0.1) is 5.92 Å². The molecule has 148 valence electrons. The molecule has 0 radical (unpaired) electrons. The van der Waals surface area contributed by atoms with E-state index in [1.54, 1.807) is 23.9 Å². The number of hydrogen-bond acceptors (Lipinski definition) is 3. The predicted octanol–water partition coefficient (Wildman–Crippen LogP) is 3.49. The minimum Gasteiger partial charge on any atom is -0.457 e. The lowest BCUT2D eigenvalue weighted by molar-refractivity contribution is -0.134. The van der Waals surface area contributed by atoms with Crippen molar-refractivity contribution < 1.29 is 14.3 Å². The molecule has 28 heavy (non-hydrogen) atoms. The van der Waals surface area contributed by atoms with E-state index in [4.69, 9.17) is 4.74 Å². The average Bonchev–Trinajstić information content (AvgIpc) is 2.72. The van der Waals surface area contributed by atoms with Gasteiger partial charge >= 0.3 is 6.03 Å². The van der Waals surface area contributed by atoms with Crippen LogP contribution in [0.2, 0.25) is 0 Å². The summed E-state index contributed by atoms with van der Waals surface area (Å²) in [6.45, 7) is 1.64. The highest BCUT2D eigenvalue weighted by Gasteiger charge is 2.28. The van der Waals surface area contributed by atoms with Crippen LogP contribution in [0.4, 0.5) is 4.79 Å². The number of nitrogens with one attached hydrogen (secondary N) is 1. The molecule has 3 rings (SSSR count). The fourth-order valence-electron chi connectivity index (χ4n) is 3.33. The number of urea groups is 1. The second kappa shape index (κ2) is 9.26. The van der Waals surface area contributed by atoms with E-state index in [1.165, 1.54) is 0 Å². The summed E-state index contributed by atoms with van der Waals surface area (Å²) in [7, 11) is 3.55. The fraction of sp³-hybridized carbons (Fsp3) is 0.364. The number of amides is 3. The standard InChI is InChI=1S/C22H27N3O3/c1-24(2)21(26)18-11-13-25(14-12-18)22(27)23-16-17-7-6-10-20(15-17)28-19-8-4-3-5-9-19/h3-10,15,18H,11-14,16H2,1-2H3,(H,23,27). The van der Waals surface area contributed by atoms with Crippen LogP contribution in [0.25, 0.3) is 0 Å². The molecule has 0 spiro atoms. The zero-order chi connectivity index (χ0) is 19.9. The van der Waals surface area contributed by atoms with Crippen molar-refractivity contribution in [2.24, 2.45) is 5.92 Å². The van der Waals surface area contributed by atoms with Gasteiger partial charge in [-0.15, -0.1) is 0 Å². The van der Waals surface area contributed by atoms with E-state index in [9.17, 15) is 9.59 Å². The number of carbonyl (C=O) groups is 2. The van der Waals surface area contributed by atoms with Gasteiger partial charge in [0.15, 0.2) is 0 Å². The third-order valence-corrected chi connectivity index (χ3v) is 4.89. The van der Waals surface area contributed by atoms with Gasteiger partial charge in [0.1, 0.15) is 11.5 Å². The van der Waals surface area contributed by atoms with Gasteiger partial charge in [0.05, 0.1) is 0 Å². The van der Waals surface area contributed by atoms with Crippen LogP contribution in [0.3, 0.4) is 0 Å². The Bertz CT molecular complexity index is 800. The minimum absolute atomic E-state index is 0.0193. The normalized spacial score (nSPS) is 14.4. The van der Waals surface area contributed by atoms with Crippen molar-refractivity contribution in [3.8, 4) is 11.5 Å². The maximum absolute atomic E-state index is 12.4. The molecule has 1 saturated heterocycles. The first-order valence-corrected chi connectivity index (χ1v) is 9.58. The summed E-state index contributed by atoms with van der Waals surface area (Å²) in [5, 5.41) is 2.96. The Hall–Kier alpha value is -3.02. The van der Waals surface area contributed by atoms with E-state index in [0.717, 1.165) is 17.1 Å². The molecule has 1 aliphatic rings. The molecule has 0 saturated carbocycles. The number of rotatable bonds is 5. The predicted molar refractivity (Wildman–Crippen MR) is 108 cm³/mol. The van der Waals surface area contributed by atoms with E-state index in [0.29, 0.717) is 32.5 Å². The van der Waals surface area contributed by atoms with E-state index >= 15 is 0 Å². The Kier molecular flexibility index (Phi) is 6.53. The van der Waals surface area contributed by atoms with Gasteiger partial charge in [-0.25, -0.2) is 4.79 Å². The van der Waals surface area contributed by atoms with Gasteiger partial charge in [-0.2, -0.15) is 0 Å². The summed E-state index contributed by atoms with van der Waals surface area (Å²) >= 11 is 0. The molecule has 6 nitrogen and oxygen atoms in total. The van der Waals surface area contributed by atoms with Crippen LogP contribution in [-0.2, 0) is 11.3 Å². The van der Waals surface area contributed by atoms with Crippen LogP contribution < -0.4 is 10.1 Å². The first kappa shape index (κ1) is 19.7. The summed E-state index contributed by atoms with van der Waals surface area (Å²) < 4.78 is 5.84. The topological polar surface area (TPSA) is 61.9 Å². The number of benzene rings is 2. The number of likely N-dealkylation sites (tertiary alicyclic amines) is 1. The van der Waals surface area contributed by atoms with Crippen molar-refractivity contribution >= 4 is 11.9 Å². The molecular weight excluding hydrogens is 354 g/mol. The molecule has 0 atom stereocenters. The zero-order valence-corrected chi connectivity index (χ0v) is 16.4. The number of para-hydroxylation sites is 1. The number of nitrogens with zero attached hydrogens (tertiary/aromatic N) is 2. The number of piperidine rings is 1. The Morgan fingerprint density at radius 2 is 1.71 bits per heavy atom. The SMILES string of the molecule is CN(C)C(=O)C1CCN(C(=O)NCc2cccc(Oc3ccccc3)c2)CC1. The molecule has 0 aliphatic carbocycles. The molecule has 1 fully saturated rings. The highest BCUT2D eigenvalue weighted by atomic mass is 16.5. The van der Waals surface area contributed by atoms with Crippen LogP contribution >= 0.6 is 0 Å². The lowest BCUT2D eigenvalue weighted by Gasteiger charge is -2.32. The molecule has 0 unspecified atom stereocenters. The minimum atomic E-state index is -0.0925. The fourth-order valence-corrected chi connectivity index (χ4v) is 3.33. The molecular formula is C22H27N3O3. The maximum atomic E-state index is 12.4. The molecule has 1 heterocycles. The number of hydrogen-bond donors (Lipinski definition) is 1. The quantitative estimate of drug-likeness (QED) is 0.862. The second-order valence-electron chi connectivity index (χ2n) is 7.22. The van der Waals surface area contributed by atoms with Crippen LogP contribution in [0.15, 0.2) is 54.6 Å². The Morgan fingerprint density at radius 1 is 1.04 bits per heavy atom. The molecule has 0 aromatic heterocycles. The third kappa shape index (κ3) is 5.25. The van der Waals surface area contributed by atoms with E-state index in [1.807, 2.05) is 54.6 Å². The summed E-state index contributed by atoms with van der Waals surface area (Å²) in [6.07, 6.45) is 1.43. The first-order valence-electron chi connectivity index (χ1n) is 9.58. The van der Waals surface area contributed by atoms with Crippen molar-refractivity contribution in [3.63, 3.8) is 0 Å². The lowest BCUT2D eigenvalue weighted by atomic mass is 9.96. The molecule has 0 bridgehead atoms. The Morgan fingerprint density at radius 3 is 2.39 bits per heavy atom. The van der Waals surface area contributed by atoms with Gasteiger partial charge in [0, 0.05) is 39.6 Å². The van der Waals surface area contributed by atoms with E-state index < -0.39 is 0 Å². The van der Waals surface area contributed by atoms with Crippen molar-refractivity contribution in [3.05, 3.63) is 60.2 Å². The first-order chi connectivity index (χ1) is 13.5. The summed E-state index contributed by atoms with van der Waals surface area (Å²) in [4.78, 5) is 27.9. The van der Waals surface area contributed by atoms with Gasteiger partial charge in [0.25, 0.3) is 0 Å². The number of carbonyl (C=O) groups excluding carboxylic acids is 2. The largest absolute Gasteiger partial charge is 0.457 e. The third-order valence-electron chi connectivity index (χ3n) is 4.89.